The van der Waals surface area contributed by atoms with E-state index in [-0.39, 0.29) is 25.0 Å². The predicted octanol–water partition coefficient (Wildman–Crippen LogP) is 3.62. The van der Waals surface area contributed by atoms with Gasteiger partial charge in [0.15, 0.2) is 0 Å². The summed E-state index contributed by atoms with van der Waals surface area (Å²) in [6.45, 7) is 7.13. The molecule has 5 atom stereocenters. The Labute approximate surface area is 264 Å². The van der Waals surface area contributed by atoms with Crippen LogP contribution in [-0.2, 0) is 28.7 Å². The molecular formula is C34H44N4O7. The maximum Gasteiger partial charge on any atom is 0.408 e. The summed E-state index contributed by atoms with van der Waals surface area (Å²) in [6, 6.07) is 15.9. The van der Waals surface area contributed by atoms with Gasteiger partial charge in [-0.05, 0) is 64.0 Å². The lowest BCUT2D eigenvalue weighted by molar-refractivity contribution is -0.144. The lowest BCUT2D eigenvalue weighted by Gasteiger charge is -2.33. The Hall–Kier alpha value is -4.41. The first-order valence-corrected chi connectivity index (χ1v) is 15.6. The third-order valence-corrected chi connectivity index (χ3v) is 8.31. The van der Waals surface area contributed by atoms with Gasteiger partial charge in [-0.3, -0.25) is 19.2 Å². The van der Waals surface area contributed by atoms with Gasteiger partial charge in [-0.2, -0.15) is 0 Å². The van der Waals surface area contributed by atoms with Crippen LogP contribution in [0.25, 0.3) is 0 Å². The summed E-state index contributed by atoms with van der Waals surface area (Å²) in [4.78, 5) is 66.8. The molecule has 0 bridgehead atoms. The van der Waals surface area contributed by atoms with Crippen molar-refractivity contribution in [3.63, 3.8) is 0 Å². The maximum atomic E-state index is 14.3. The van der Waals surface area contributed by atoms with Gasteiger partial charge in [0.25, 0.3) is 6.47 Å². The van der Waals surface area contributed by atoms with Crippen LogP contribution in [0.1, 0.15) is 77.0 Å². The maximum absolute atomic E-state index is 14.3. The molecule has 242 valence electrons. The number of nitrogens with zero attached hydrogens (tertiary/aromatic N) is 1. The van der Waals surface area contributed by atoms with E-state index < -0.39 is 53.6 Å². The van der Waals surface area contributed by atoms with E-state index in [1.54, 1.807) is 32.6 Å². The van der Waals surface area contributed by atoms with Gasteiger partial charge in [-0.15, -0.1) is 0 Å². The van der Waals surface area contributed by atoms with Crippen LogP contribution in [0.2, 0.25) is 0 Å². The van der Waals surface area contributed by atoms with Gasteiger partial charge in [0.05, 0.1) is 12.6 Å². The highest BCUT2D eigenvalue weighted by Crippen LogP contribution is 2.35. The van der Waals surface area contributed by atoms with E-state index in [4.69, 9.17) is 9.47 Å². The Bertz CT molecular complexity index is 1290. The van der Waals surface area contributed by atoms with Gasteiger partial charge < -0.3 is 30.3 Å². The van der Waals surface area contributed by atoms with Gasteiger partial charge in [0.2, 0.25) is 17.7 Å². The zero-order valence-corrected chi connectivity index (χ0v) is 26.4. The third-order valence-electron chi connectivity index (χ3n) is 8.31. The largest absolute Gasteiger partial charge is 0.468 e. The quantitative estimate of drug-likeness (QED) is 0.326. The molecule has 0 aliphatic carbocycles. The van der Waals surface area contributed by atoms with E-state index in [0.717, 1.165) is 11.1 Å². The molecule has 2 heterocycles. The number of benzene rings is 2. The first-order valence-electron chi connectivity index (χ1n) is 15.6. The van der Waals surface area contributed by atoms with Crippen molar-refractivity contribution in [1.82, 2.24) is 20.9 Å². The Morgan fingerprint density at radius 1 is 0.933 bits per heavy atom. The summed E-state index contributed by atoms with van der Waals surface area (Å²) in [5, 5.41) is 8.58. The van der Waals surface area contributed by atoms with Crippen molar-refractivity contribution in [3.05, 3.63) is 71.8 Å². The first kappa shape index (κ1) is 33.5. The van der Waals surface area contributed by atoms with Crippen LogP contribution < -0.4 is 16.0 Å². The molecule has 4 rings (SSSR count). The van der Waals surface area contributed by atoms with Crippen LogP contribution >= 0.6 is 0 Å². The Morgan fingerprint density at radius 3 is 2.09 bits per heavy atom. The van der Waals surface area contributed by atoms with Crippen molar-refractivity contribution in [1.29, 1.82) is 0 Å². The molecule has 2 fully saturated rings. The van der Waals surface area contributed by atoms with E-state index in [0.29, 0.717) is 32.2 Å². The molecule has 2 aliphatic heterocycles. The second-order valence-corrected chi connectivity index (χ2v) is 12.6. The predicted molar refractivity (Wildman–Crippen MR) is 167 cm³/mol. The lowest BCUT2D eigenvalue weighted by Crippen LogP contribution is -2.59. The number of hydrogen-bond donors (Lipinski definition) is 3. The molecule has 2 aromatic carbocycles. The summed E-state index contributed by atoms with van der Waals surface area (Å²) in [5.74, 6) is -1.77. The van der Waals surface area contributed by atoms with Crippen LogP contribution in [0.5, 0.6) is 0 Å². The molecule has 45 heavy (non-hydrogen) atoms. The molecule has 0 unspecified atom stereocenters. The summed E-state index contributed by atoms with van der Waals surface area (Å²) < 4.78 is 10.4. The lowest BCUT2D eigenvalue weighted by atomic mass is 9.93. The van der Waals surface area contributed by atoms with Gasteiger partial charge in [-0.25, -0.2) is 4.79 Å². The van der Waals surface area contributed by atoms with Gasteiger partial charge in [-0.1, -0.05) is 67.6 Å². The fraction of sp³-hybridized carbons (Fsp3) is 0.500. The normalized spacial score (nSPS) is 22.1. The SMILES string of the molecule is CC[C@H](NC(=O)OC(C)(C)C)C(=O)N[C@@H]1C(=O)N2[C@@H](CC[C@@H]1COC=O)CC[C@H]2C(=O)NC(c1ccccc1)c1ccccc1. The topological polar surface area (TPSA) is 143 Å². The molecule has 2 aromatic rings. The Kier molecular flexibility index (Phi) is 11.2. The number of alkyl carbamates (subject to hydrolysis) is 1. The fourth-order valence-electron chi connectivity index (χ4n) is 6.16. The number of amides is 4. The minimum absolute atomic E-state index is 0.0714. The van der Waals surface area contributed by atoms with Crippen LogP contribution in [0.4, 0.5) is 4.79 Å². The number of fused-ring (bicyclic) bond motifs is 1. The second kappa shape index (κ2) is 15.0. The summed E-state index contributed by atoms with van der Waals surface area (Å²) in [5.41, 5.74) is 1.06. The van der Waals surface area contributed by atoms with Crippen molar-refractivity contribution in [2.75, 3.05) is 6.61 Å². The average molecular weight is 621 g/mol. The van der Waals surface area contributed by atoms with Crippen molar-refractivity contribution in [3.8, 4) is 0 Å². The summed E-state index contributed by atoms with van der Waals surface area (Å²) in [6.07, 6.45) is 1.69. The number of carbonyl (C=O) groups excluding carboxylic acids is 5. The monoisotopic (exact) mass is 620 g/mol. The van der Waals surface area contributed by atoms with Crippen molar-refractivity contribution in [2.24, 2.45) is 5.92 Å². The molecule has 0 spiro atoms. The number of carbonyl (C=O) groups is 5. The molecule has 3 N–H and O–H groups in total. The molecule has 2 aliphatic rings. The zero-order chi connectivity index (χ0) is 32.6. The number of rotatable bonds is 11. The first-order chi connectivity index (χ1) is 21.5. The molecule has 0 saturated carbocycles. The van der Waals surface area contributed by atoms with E-state index in [1.165, 1.54) is 0 Å². The summed E-state index contributed by atoms with van der Waals surface area (Å²) >= 11 is 0. The fourth-order valence-corrected chi connectivity index (χ4v) is 6.16. The molecule has 11 heteroatoms. The summed E-state index contributed by atoms with van der Waals surface area (Å²) in [7, 11) is 0. The van der Waals surface area contributed by atoms with E-state index in [9.17, 15) is 24.0 Å². The standard InChI is InChI=1S/C34H44N4O7/c1-5-26(35-33(43)45-34(2,3)4)30(40)37-29-24(20-44-21-39)16-17-25-18-19-27(38(25)32(29)42)31(41)36-28(22-12-8-6-9-13-22)23-14-10-7-11-15-23/h6-15,21,24-29H,5,16-20H2,1-4H3,(H,35,43)(H,36,41)(H,37,40)/t24-,25+,26+,27+,29+/m1/s1. The molecule has 11 nitrogen and oxygen atoms in total. The van der Waals surface area contributed by atoms with E-state index in [2.05, 4.69) is 16.0 Å². The Morgan fingerprint density at radius 2 is 1.53 bits per heavy atom. The highest BCUT2D eigenvalue weighted by atomic mass is 16.6. The highest BCUT2D eigenvalue weighted by molar-refractivity contribution is 5.95. The van der Waals surface area contributed by atoms with E-state index >= 15 is 0 Å². The second-order valence-electron chi connectivity index (χ2n) is 12.6. The smallest absolute Gasteiger partial charge is 0.408 e. The molecule has 4 amide bonds. The number of hydrogen-bond acceptors (Lipinski definition) is 7. The minimum atomic E-state index is -1.07. The van der Waals surface area contributed by atoms with Crippen molar-refractivity contribution < 1.29 is 33.4 Å². The van der Waals surface area contributed by atoms with Gasteiger partial charge >= 0.3 is 6.09 Å². The molecule has 0 radical (unpaired) electrons. The van der Waals surface area contributed by atoms with Crippen LogP contribution in [0.3, 0.4) is 0 Å². The van der Waals surface area contributed by atoms with Crippen molar-refractivity contribution in [2.45, 2.75) is 95.6 Å². The molecule has 2 saturated heterocycles. The zero-order valence-electron chi connectivity index (χ0n) is 26.4. The van der Waals surface area contributed by atoms with Crippen molar-refractivity contribution >= 4 is 30.3 Å². The van der Waals surface area contributed by atoms with Crippen LogP contribution in [0, 0.1) is 5.92 Å². The van der Waals surface area contributed by atoms with E-state index in [1.807, 2.05) is 60.7 Å². The number of ether oxygens (including phenoxy) is 2. The van der Waals surface area contributed by atoms with Gasteiger partial charge in [0, 0.05) is 12.0 Å². The average Bonchev–Trinajstić information content (AvgIpc) is 3.40. The van der Waals surface area contributed by atoms with Gasteiger partial charge in [0.1, 0.15) is 23.7 Å². The minimum Gasteiger partial charge on any atom is -0.468 e. The van der Waals surface area contributed by atoms with Crippen LogP contribution in [-0.4, -0.2) is 71.6 Å². The number of nitrogens with one attached hydrogen (secondary N) is 3. The third kappa shape index (κ3) is 8.61. The Balaban J connectivity index is 1.56. The van der Waals surface area contributed by atoms with Crippen LogP contribution in [0.15, 0.2) is 60.7 Å². The highest BCUT2D eigenvalue weighted by Gasteiger charge is 2.48. The molecular weight excluding hydrogens is 576 g/mol. The molecule has 0 aromatic heterocycles.